The van der Waals surface area contributed by atoms with Crippen molar-refractivity contribution >= 4 is 27.8 Å². The molecule has 0 aliphatic heterocycles. The van der Waals surface area contributed by atoms with Crippen LogP contribution in [0.1, 0.15) is 12.8 Å². The zero-order valence-electron chi connectivity index (χ0n) is 5.99. The fourth-order valence-corrected chi connectivity index (χ4v) is 0.851. The Kier molecular flexibility index (Phi) is 5.11. The van der Waals surface area contributed by atoms with Gasteiger partial charge < -0.3 is 0 Å². The van der Waals surface area contributed by atoms with Crippen molar-refractivity contribution in [2.24, 2.45) is 5.73 Å². The van der Waals surface area contributed by atoms with E-state index < -0.39 is 12.0 Å². The van der Waals surface area contributed by atoms with Crippen molar-refractivity contribution < 1.29 is 14.7 Å². The number of carbonyl (C=O) groups excluding carboxylic acids is 1. The van der Waals surface area contributed by atoms with Gasteiger partial charge in [0, 0.05) is 0 Å². The van der Waals surface area contributed by atoms with Crippen LogP contribution in [0.25, 0.3) is 0 Å². The van der Waals surface area contributed by atoms with Crippen LogP contribution in [0.3, 0.4) is 0 Å². The fraction of sp³-hybridized carbons (Fsp3) is 0.667. The summed E-state index contributed by atoms with van der Waals surface area (Å²) in [6.45, 7) is 0. The maximum absolute atomic E-state index is 10.7. The summed E-state index contributed by atoms with van der Waals surface area (Å²) in [6.07, 6.45) is 0.480. The Morgan fingerprint density at radius 1 is 1.55 bits per heavy atom. The molecule has 3 N–H and O–H groups in total. The van der Waals surface area contributed by atoms with Crippen LogP contribution in [0.4, 0.5) is 0 Å². The van der Waals surface area contributed by atoms with Gasteiger partial charge in [-0.25, -0.2) is 0 Å². The quantitative estimate of drug-likeness (QED) is 0.591. The van der Waals surface area contributed by atoms with Crippen LogP contribution in [0.5, 0.6) is 0 Å². The van der Waals surface area contributed by atoms with Gasteiger partial charge in [-0.15, -0.1) is 0 Å². The first kappa shape index (κ1) is 10.6. The number of carboxylic acids is 1. The first-order valence-electron chi connectivity index (χ1n) is 3.19. The van der Waals surface area contributed by atoms with Crippen LogP contribution >= 0.6 is 0 Å². The Hall–Kier alpha value is -0.381. The third kappa shape index (κ3) is 4.95. The van der Waals surface area contributed by atoms with E-state index in [4.69, 9.17) is 10.8 Å². The molecule has 0 fully saturated rings. The van der Waals surface area contributed by atoms with Crippen LogP contribution in [-0.4, -0.2) is 38.9 Å². The van der Waals surface area contributed by atoms with Gasteiger partial charge in [-0.1, -0.05) is 0 Å². The average Bonchev–Trinajstić information content (AvgIpc) is 1.99. The molecule has 0 aromatic carbocycles. The number of hydrogen-bond donors (Lipinski definition) is 2. The molecule has 0 bridgehead atoms. The fourth-order valence-electron chi connectivity index (χ4n) is 0.519. The normalized spacial score (nSPS) is 12.5. The van der Waals surface area contributed by atoms with Crippen molar-refractivity contribution in [1.82, 2.24) is 0 Å². The van der Waals surface area contributed by atoms with Crippen molar-refractivity contribution in [3.05, 3.63) is 0 Å². The Bertz CT molecular complexity index is 160. The summed E-state index contributed by atoms with van der Waals surface area (Å²) in [5, 5.41) is 8.72. The van der Waals surface area contributed by atoms with E-state index in [1.54, 1.807) is 0 Å². The number of carboxylic acid groups (broad SMARTS) is 1. The summed E-state index contributed by atoms with van der Waals surface area (Å²) < 4.78 is 0. The monoisotopic (exact) mass is 225 g/mol. The molecule has 0 spiro atoms. The molecule has 0 radical (unpaired) electrons. The van der Waals surface area contributed by atoms with Crippen LogP contribution in [0.2, 0.25) is 5.32 Å². The van der Waals surface area contributed by atoms with Gasteiger partial charge in [0.1, 0.15) is 0 Å². The summed E-state index contributed by atoms with van der Waals surface area (Å²) in [5.41, 5.74) is 5.16. The zero-order chi connectivity index (χ0) is 8.85. The summed E-state index contributed by atoms with van der Waals surface area (Å²) in [7, 11) is 0. The molecule has 0 aliphatic carbocycles. The van der Waals surface area contributed by atoms with Gasteiger partial charge in [0.25, 0.3) is 0 Å². The van der Waals surface area contributed by atoms with Crippen LogP contribution in [0, 0.1) is 0 Å². The molecule has 0 unspecified atom stereocenters. The van der Waals surface area contributed by atoms with E-state index in [9.17, 15) is 9.59 Å². The van der Waals surface area contributed by atoms with Crippen LogP contribution in [-0.2, 0) is 9.59 Å². The van der Waals surface area contributed by atoms with E-state index in [-0.39, 0.29) is 18.6 Å². The van der Waals surface area contributed by atoms with Crippen molar-refractivity contribution in [3.8, 4) is 0 Å². The average molecular weight is 224 g/mol. The number of hydrogen-bond acceptors (Lipinski definition) is 3. The summed E-state index contributed by atoms with van der Waals surface area (Å²) in [6, 6.07) is -0.905. The molecular weight excluding hydrogens is 213 g/mol. The Labute approximate surface area is 73.0 Å². The van der Waals surface area contributed by atoms with E-state index in [1.807, 2.05) is 0 Å². The van der Waals surface area contributed by atoms with Gasteiger partial charge in [0.2, 0.25) is 0 Å². The number of ketones is 1. The molecule has 0 rings (SSSR count). The molecule has 0 saturated carbocycles. The Morgan fingerprint density at radius 2 is 2.09 bits per heavy atom. The summed E-state index contributed by atoms with van der Waals surface area (Å²) in [5.74, 6) is -1.02. The van der Waals surface area contributed by atoms with Crippen LogP contribution < -0.4 is 5.73 Å². The standard InChI is InChI=1S/C6H11NO3Se/c7-5(6(9)10)2-1-4(8)3-11/h5,11H,1-3,7H2,(H,9,10)/t5-/m0/s1. The van der Waals surface area contributed by atoms with Gasteiger partial charge in [-0.3, -0.25) is 0 Å². The van der Waals surface area contributed by atoms with Crippen molar-refractivity contribution in [3.63, 3.8) is 0 Å². The molecule has 5 heteroatoms. The molecule has 11 heavy (non-hydrogen) atoms. The van der Waals surface area contributed by atoms with E-state index in [0.29, 0.717) is 5.32 Å². The predicted molar refractivity (Wildman–Crippen MR) is 41.8 cm³/mol. The molecule has 0 aliphatic rings. The Balaban J connectivity index is 3.54. The van der Waals surface area contributed by atoms with Gasteiger partial charge in [0.15, 0.2) is 0 Å². The van der Waals surface area contributed by atoms with Gasteiger partial charge in [0.05, 0.1) is 0 Å². The molecule has 0 amide bonds. The molecular formula is C6H11NO3Se. The Morgan fingerprint density at radius 3 is 2.45 bits per heavy atom. The SMILES string of the molecule is N[C@@H](CCC(=O)C[SeH])C(=O)O. The second-order valence-corrected chi connectivity index (χ2v) is 2.84. The second kappa shape index (κ2) is 5.29. The molecule has 1 atom stereocenters. The number of nitrogens with two attached hydrogens (primary N) is 1. The molecule has 0 heterocycles. The van der Waals surface area contributed by atoms with Crippen molar-refractivity contribution in [2.45, 2.75) is 24.2 Å². The minimum atomic E-state index is -1.05. The maximum atomic E-state index is 10.7. The summed E-state index contributed by atoms with van der Waals surface area (Å²) in [4.78, 5) is 20.8. The first-order valence-corrected chi connectivity index (χ1v) is 4.51. The summed E-state index contributed by atoms with van der Waals surface area (Å²) >= 11 is 2.15. The van der Waals surface area contributed by atoms with E-state index in [2.05, 4.69) is 16.0 Å². The predicted octanol–water partition coefficient (Wildman–Crippen LogP) is -0.933. The molecule has 0 aromatic heterocycles. The van der Waals surface area contributed by atoms with Crippen LogP contribution in [0.15, 0.2) is 0 Å². The topological polar surface area (TPSA) is 80.4 Å². The number of rotatable bonds is 5. The van der Waals surface area contributed by atoms with Crippen molar-refractivity contribution in [1.29, 1.82) is 0 Å². The number of Topliss-reactive ketones (excluding diaryl/α,β-unsaturated/α-hetero) is 1. The number of carbonyl (C=O) groups is 2. The minimum absolute atomic E-state index is 0.0294. The molecule has 0 saturated heterocycles. The van der Waals surface area contributed by atoms with Gasteiger partial charge >= 0.3 is 72.4 Å². The van der Waals surface area contributed by atoms with E-state index >= 15 is 0 Å². The third-order valence-electron chi connectivity index (χ3n) is 1.23. The van der Waals surface area contributed by atoms with E-state index in [0.717, 1.165) is 0 Å². The van der Waals surface area contributed by atoms with Crippen molar-refractivity contribution in [2.75, 3.05) is 0 Å². The van der Waals surface area contributed by atoms with E-state index in [1.165, 1.54) is 0 Å². The number of aliphatic carboxylic acids is 1. The molecule has 4 nitrogen and oxygen atoms in total. The molecule has 0 aromatic rings. The second-order valence-electron chi connectivity index (χ2n) is 2.18. The zero-order valence-corrected chi connectivity index (χ0v) is 7.86. The van der Waals surface area contributed by atoms with Gasteiger partial charge in [-0.05, 0) is 0 Å². The molecule has 64 valence electrons. The van der Waals surface area contributed by atoms with Gasteiger partial charge in [-0.2, -0.15) is 0 Å². The third-order valence-corrected chi connectivity index (χ3v) is 1.97. The first-order chi connectivity index (χ1) is 5.07.